The van der Waals surface area contributed by atoms with Crippen LogP contribution in [0, 0.1) is 10.5 Å². The van der Waals surface area contributed by atoms with Crippen molar-refractivity contribution in [3.8, 4) is 5.75 Å². The number of nitrogens with one attached hydrogen (secondary N) is 1. The number of hydrogen-bond donors (Lipinski definition) is 1. The summed E-state index contributed by atoms with van der Waals surface area (Å²) in [5, 5.41) is 3.01. The van der Waals surface area contributed by atoms with E-state index in [1.54, 1.807) is 0 Å². The fraction of sp³-hybridized carbons (Fsp3) is 0.130. The number of ether oxygens (including phenoxy) is 1. The first-order valence-corrected chi connectivity index (χ1v) is 10.4. The maximum Gasteiger partial charge on any atom is 0.244 e. The van der Waals surface area contributed by atoms with Crippen LogP contribution in [0.3, 0.4) is 0 Å². The first kappa shape index (κ1) is 19.4. The highest BCUT2D eigenvalue weighted by molar-refractivity contribution is 14.1. The van der Waals surface area contributed by atoms with E-state index in [9.17, 15) is 4.79 Å². The summed E-state index contributed by atoms with van der Waals surface area (Å²) >= 11 is 2.26. The second kappa shape index (κ2) is 8.65. The number of rotatable bonds is 6. The highest BCUT2D eigenvalue weighted by atomic mass is 127. The Hall–Kier alpha value is -2.87. The average Bonchev–Trinajstić information content (AvgIpc) is 3.07. The van der Waals surface area contributed by atoms with Crippen LogP contribution >= 0.6 is 22.6 Å². The molecule has 1 heterocycles. The molecule has 0 fully saturated rings. The van der Waals surface area contributed by atoms with Gasteiger partial charge < -0.3 is 14.6 Å². The molecule has 1 amide bonds. The van der Waals surface area contributed by atoms with E-state index in [2.05, 4.69) is 32.9 Å². The van der Waals surface area contributed by atoms with E-state index in [1.165, 1.54) is 0 Å². The zero-order valence-corrected chi connectivity index (χ0v) is 18.1. The number of fused-ring (bicyclic) bond motifs is 1. The van der Waals surface area contributed by atoms with Gasteiger partial charge in [-0.1, -0.05) is 30.3 Å². The zero-order chi connectivity index (χ0) is 20.2. The Morgan fingerprint density at radius 2 is 1.83 bits per heavy atom. The van der Waals surface area contributed by atoms with E-state index in [-0.39, 0.29) is 19.1 Å². The molecule has 0 atom stereocenters. The van der Waals surface area contributed by atoms with Crippen LogP contribution in [0.2, 0.25) is 0 Å². The van der Waals surface area contributed by atoms with Gasteiger partial charge in [-0.05, 0) is 77.5 Å². The summed E-state index contributed by atoms with van der Waals surface area (Å²) in [6.45, 7) is 2.44. The van der Waals surface area contributed by atoms with Crippen LogP contribution in [0.15, 0.2) is 72.8 Å². The first-order chi connectivity index (χ1) is 14.1. The van der Waals surface area contributed by atoms with Crippen molar-refractivity contribution in [1.82, 2.24) is 9.55 Å². The van der Waals surface area contributed by atoms with E-state index in [0.717, 1.165) is 31.6 Å². The minimum Gasteiger partial charge on any atom is -0.486 e. The number of imidazole rings is 1. The van der Waals surface area contributed by atoms with E-state index in [1.807, 2.05) is 84.3 Å². The molecule has 146 valence electrons. The summed E-state index contributed by atoms with van der Waals surface area (Å²) in [6, 6.07) is 23.4. The number of carbonyl (C=O) groups is 1. The Bertz CT molecular complexity index is 1160. The molecule has 0 aliphatic rings. The topological polar surface area (TPSA) is 56.2 Å². The lowest BCUT2D eigenvalue weighted by Gasteiger charge is -2.12. The Morgan fingerprint density at radius 3 is 2.62 bits per heavy atom. The van der Waals surface area contributed by atoms with Gasteiger partial charge in [-0.15, -0.1) is 0 Å². The lowest BCUT2D eigenvalue weighted by Crippen LogP contribution is -2.21. The molecule has 5 nitrogen and oxygen atoms in total. The number of para-hydroxylation sites is 3. The van der Waals surface area contributed by atoms with Crippen molar-refractivity contribution in [2.75, 3.05) is 5.32 Å². The Kier molecular flexibility index (Phi) is 5.80. The van der Waals surface area contributed by atoms with Gasteiger partial charge in [-0.2, -0.15) is 0 Å². The van der Waals surface area contributed by atoms with Crippen LogP contribution in [-0.2, 0) is 17.9 Å². The predicted molar refractivity (Wildman–Crippen MR) is 123 cm³/mol. The number of aromatic nitrogens is 2. The smallest absolute Gasteiger partial charge is 0.244 e. The molecular weight excluding hydrogens is 477 g/mol. The zero-order valence-electron chi connectivity index (χ0n) is 15.9. The number of halogens is 1. The van der Waals surface area contributed by atoms with Crippen LogP contribution < -0.4 is 10.1 Å². The van der Waals surface area contributed by atoms with Gasteiger partial charge in [0.05, 0.1) is 11.0 Å². The van der Waals surface area contributed by atoms with Crippen molar-refractivity contribution in [3.63, 3.8) is 0 Å². The van der Waals surface area contributed by atoms with E-state index in [0.29, 0.717) is 5.82 Å². The number of amides is 1. The van der Waals surface area contributed by atoms with Crippen molar-refractivity contribution in [3.05, 3.63) is 87.8 Å². The number of hydrogen-bond acceptors (Lipinski definition) is 3. The van der Waals surface area contributed by atoms with Crippen molar-refractivity contribution in [1.29, 1.82) is 0 Å². The Labute approximate surface area is 182 Å². The van der Waals surface area contributed by atoms with E-state index < -0.39 is 0 Å². The van der Waals surface area contributed by atoms with E-state index >= 15 is 0 Å². The molecule has 3 aromatic carbocycles. The molecule has 0 unspecified atom stereocenters. The molecule has 0 aliphatic carbocycles. The molecule has 4 aromatic rings. The van der Waals surface area contributed by atoms with Crippen LogP contribution in [-0.4, -0.2) is 15.5 Å². The van der Waals surface area contributed by atoms with Crippen LogP contribution in [0.5, 0.6) is 5.75 Å². The summed E-state index contributed by atoms with van der Waals surface area (Å²) in [5.41, 5.74) is 3.61. The lowest BCUT2D eigenvalue weighted by atomic mass is 10.2. The summed E-state index contributed by atoms with van der Waals surface area (Å²) in [5.74, 6) is 1.38. The highest BCUT2D eigenvalue weighted by Gasteiger charge is 2.15. The normalized spacial score (nSPS) is 10.8. The third-order valence-electron chi connectivity index (χ3n) is 4.61. The largest absolute Gasteiger partial charge is 0.486 e. The number of benzene rings is 3. The maximum absolute atomic E-state index is 12.8. The van der Waals surface area contributed by atoms with Gasteiger partial charge in [0, 0.05) is 9.26 Å². The average molecular weight is 497 g/mol. The third-order valence-corrected chi connectivity index (χ3v) is 5.28. The minimum absolute atomic E-state index is 0.0987. The quantitative estimate of drug-likeness (QED) is 0.374. The first-order valence-electron chi connectivity index (χ1n) is 9.28. The summed E-state index contributed by atoms with van der Waals surface area (Å²) in [4.78, 5) is 17.5. The molecule has 6 heteroatoms. The molecule has 1 aromatic heterocycles. The molecule has 0 spiro atoms. The van der Waals surface area contributed by atoms with Gasteiger partial charge in [0.1, 0.15) is 24.7 Å². The predicted octanol–water partition coefficient (Wildman–Crippen LogP) is 5.17. The summed E-state index contributed by atoms with van der Waals surface area (Å²) in [7, 11) is 0. The third kappa shape index (κ3) is 4.59. The minimum atomic E-state index is -0.0987. The van der Waals surface area contributed by atoms with Gasteiger partial charge in [-0.3, -0.25) is 4.79 Å². The number of aryl methyl sites for hydroxylation is 1. The van der Waals surface area contributed by atoms with Crippen molar-refractivity contribution in [2.24, 2.45) is 0 Å². The van der Waals surface area contributed by atoms with Crippen LogP contribution in [0.4, 0.5) is 5.69 Å². The van der Waals surface area contributed by atoms with Gasteiger partial charge in [0.15, 0.2) is 0 Å². The molecule has 0 bridgehead atoms. The van der Waals surface area contributed by atoms with Gasteiger partial charge in [0.2, 0.25) is 5.91 Å². The molecule has 4 rings (SSSR count). The fourth-order valence-corrected chi connectivity index (χ4v) is 3.82. The number of anilines is 1. The molecule has 0 aliphatic heterocycles. The van der Waals surface area contributed by atoms with Crippen molar-refractivity contribution < 1.29 is 9.53 Å². The molecular formula is C23H20IN3O2. The standard InChI is InChI=1S/C23H20IN3O2/c1-16-13-17(24)11-12-19(16)26-23(28)14-27-21-10-6-5-9-20(21)25-22(27)15-29-18-7-3-2-4-8-18/h2-13H,14-15H2,1H3,(H,26,28). The van der Waals surface area contributed by atoms with Crippen LogP contribution in [0.25, 0.3) is 11.0 Å². The molecule has 0 saturated heterocycles. The fourth-order valence-electron chi connectivity index (χ4n) is 3.18. The van der Waals surface area contributed by atoms with Crippen molar-refractivity contribution in [2.45, 2.75) is 20.1 Å². The maximum atomic E-state index is 12.8. The second-order valence-corrected chi connectivity index (χ2v) is 7.96. The molecule has 0 radical (unpaired) electrons. The number of nitrogens with zero attached hydrogens (tertiary/aromatic N) is 2. The molecule has 1 N–H and O–H groups in total. The highest BCUT2D eigenvalue weighted by Crippen LogP contribution is 2.20. The lowest BCUT2D eigenvalue weighted by molar-refractivity contribution is -0.116. The summed E-state index contributed by atoms with van der Waals surface area (Å²) in [6.07, 6.45) is 0. The second-order valence-electron chi connectivity index (χ2n) is 6.71. The van der Waals surface area contributed by atoms with Crippen LogP contribution in [0.1, 0.15) is 11.4 Å². The molecule has 0 saturated carbocycles. The van der Waals surface area contributed by atoms with E-state index in [4.69, 9.17) is 4.74 Å². The van der Waals surface area contributed by atoms with Gasteiger partial charge in [0.25, 0.3) is 0 Å². The Balaban J connectivity index is 1.57. The monoisotopic (exact) mass is 497 g/mol. The van der Waals surface area contributed by atoms with Gasteiger partial charge >= 0.3 is 0 Å². The number of carbonyl (C=O) groups excluding carboxylic acids is 1. The van der Waals surface area contributed by atoms with Crippen molar-refractivity contribution >= 4 is 45.2 Å². The Morgan fingerprint density at radius 1 is 1.07 bits per heavy atom. The summed E-state index contributed by atoms with van der Waals surface area (Å²) < 4.78 is 8.93. The van der Waals surface area contributed by atoms with Gasteiger partial charge in [-0.25, -0.2) is 4.98 Å². The molecule has 29 heavy (non-hydrogen) atoms. The SMILES string of the molecule is Cc1cc(I)ccc1NC(=O)Cn1c(COc2ccccc2)nc2ccccc21.